The van der Waals surface area contributed by atoms with E-state index < -0.39 is 5.60 Å². The molecular formula is C23H25N5O5. The molecule has 0 aromatic carbocycles. The number of hydrogen-bond donors (Lipinski definition) is 3. The number of H-pyrrole nitrogens is 1. The number of aromatic amines is 1. The van der Waals surface area contributed by atoms with E-state index in [1.165, 1.54) is 25.5 Å². The molecule has 33 heavy (non-hydrogen) atoms. The number of aromatic nitrogens is 4. The van der Waals surface area contributed by atoms with Gasteiger partial charge in [-0.05, 0) is 45.4 Å². The molecule has 0 spiro atoms. The van der Waals surface area contributed by atoms with Crippen molar-refractivity contribution in [3.63, 3.8) is 0 Å². The molecule has 3 N–H and O–H groups in total. The van der Waals surface area contributed by atoms with Gasteiger partial charge in [0.15, 0.2) is 0 Å². The van der Waals surface area contributed by atoms with Gasteiger partial charge in [0, 0.05) is 43.0 Å². The van der Waals surface area contributed by atoms with E-state index in [-0.39, 0.29) is 40.2 Å². The van der Waals surface area contributed by atoms with Crippen molar-refractivity contribution in [3.05, 3.63) is 57.6 Å². The second-order valence-electron chi connectivity index (χ2n) is 8.46. The van der Waals surface area contributed by atoms with Gasteiger partial charge >= 0.3 is 0 Å². The standard InChI is InChI=1S/C23H25N5O5/c1-11-7-12(2)19(25-9-11)33-20-17(32-22(27-20)23(3,4)31)14-10-28(6)21(30)16-13(14)8-15(26-16)18(29)24-5/h7-10,26,31H,1-6H3,(H,24,29). The second-order valence-corrected chi connectivity index (χ2v) is 8.46. The fourth-order valence-corrected chi connectivity index (χ4v) is 3.48. The van der Waals surface area contributed by atoms with Gasteiger partial charge in [0.1, 0.15) is 16.8 Å². The third kappa shape index (κ3) is 4.00. The number of fused-ring (bicyclic) bond motifs is 1. The van der Waals surface area contributed by atoms with E-state index in [2.05, 4.69) is 20.3 Å². The smallest absolute Gasteiger partial charge is 0.274 e. The summed E-state index contributed by atoms with van der Waals surface area (Å²) in [6.45, 7) is 6.86. The lowest BCUT2D eigenvalue weighted by molar-refractivity contribution is 0.0489. The fraction of sp³-hybridized carbons (Fsp3) is 0.304. The van der Waals surface area contributed by atoms with Crippen molar-refractivity contribution in [2.45, 2.75) is 33.3 Å². The first kappa shape index (κ1) is 22.3. The molecule has 4 heterocycles. The van der Waals surface area contributed by atoms with E-state index in [0.717, 1.165) is 11.1 Å². The van der Waals surface area contributed by atoms with Crippen LogP contribution < -0.4 is 15.6 Å². The molecule has 4 aromatic rings. The predicted molar refractivity (Wildman–Crippen MR) is 121 cm³/mol. The maximum atomic E-state index is 12.7. The van der Waals surface area contributed by atoms with Crippen molar-refractivity contribution in [1.29, 1.82) is 0 Å². The molecule has 4 aromatic heterocycles. The topological polar surface area (TPSA) is 135 Å². The van der Waals surface area contributed by atoms with Crippen LogP contribution in [0.4, 0.5) is 0 Å². The van der Waals surface area contributed by atoms with Crippen LogP contribution in [0, 0.1) is 13.8 Å². The van der Waals surface area contributed by atoms with Gasteiger partial charge in [0.25, 0.3) is 17.3 Å². The van der Waals surface area contributed by atoms with Crippen molar-refractivity contribution in [1.82, 2.24) is 24.8 Å². The highest BCUT2D eigenvalue weighted by atomic mass is 16.5. The van der Waals surface area contributed by atoms with Gasteiger partial charge in [-0.15, -0.1) is 0 Å². The Morgan fingerprint density at radius 3 is 2.64 bits per heavy atom. The number of carbonyl (C=O) groups is 1. The molecule has 0 unspecified atom stereocenters. The molecule has 4 rings (SSSR count). The number of nitrogens with one attached hydrogen (secondary N) is 2. The zero-order valence-electron chi connectivity index (χ0n) is 19.2. The number of amides is 1. The van der Waals surface area contributed by atoms with Crippen LogP contribution in [0.5, 0.6) is 11.8 Å². The lowest BCUT2D eigenvalue weighted by Crippen LogP contribution is -2.19. The lowest BCUT2D eigenvalue weighted by atomic mass is 10.1. The van der Waals surface area contributed by atoms with Crippen LogP contribution in [0.15, 0.2) is 33.7 Å². The summed E-state index contributed by atoms with van der Waals surface area (Å²) in [5, 5.41) is 13.5. The second kappa shape index (κ2) is 7.89. The van der Waals surface area contributed by atoms with Crippen LogP contribution in [-0.2, 0) is 12.6 Å². The number of nitrogens with zero attached hydrogens (tertiary/aromatic N) is 3. The Labute approximate surface area is 189 Å². The summed E-state index contributed by atoms with van der Waals surface area (Å²) in [7, 11) is 3.09. The van der Waals surface area contributed by atoms with Crippen molar-refractivity contribution < 1.29 is 19.1 Å². The van der Waals surface area contributed by atoms with Gasteiger partial charge in [0.2, 0.25) is 17.5 Å². The van der Waals surface area contributed by atoms with Crippen LogP contribution >= 0.6 is 0 Å². The van der Waals surface area contributed by atoms with Crippen molar-refractivity contribution in [3.8, 4) is 23.1 Å². The van der Waals surface area contributed by atoms with E-state index in [1.807, 2.05) is 19.9 Å². The van der Waals surface area contributed by atoms with Gasteiger partial charge in [-0.2, -0.15) is 4.98 Å². The summed E-state index contributed by atoms with van der Waals surface area (Å²) in [5.74, 6) is 0.260. The maximum absolute atomic E-state index is 12.7. The van der Waals surface area contributed by atoms with Gasteiger partial charge in [-0.25, -0.2) is 4.98 Å². The highest BCUT2D eigenvalue weighted by Crippen LogP contribution is 2.39. The molecular weight excluding hydrogens is 426 g/mol. The maximum Gasteiger partial charge on any atom is 0.274 e. The third-order valence-corrected chi connectivity index (χ3v) is 5.16. The van der Waals surface area contributed by atoms with Crippen LogP contribution in [0.3, 0.4) is 0 Å². The number of carbonyl (C=O) groups excluding carboxylic acids is 1. The molecule has 10 heteroatoms. The molecule has 0 aliphatic heterocycles. The first-order valence-electron chi connectivity index (χ1n) is 10.3. The summed E-state index contributed by atoms with van der Waals surface area (Å²) in [6.07, 6.45) is 3.24. The number of pyridine rings is 2. The van der Waals surface area contributed by atoms with Crippen molar-refractivity contribution in [2.24, 2.45) is 7.05 Å². The Kier molecular flexibility index (Phi) is 5.33. The van der Waals surface area contributed by atoms with E-state index in [4.69, 9.17) is 9.15 Å². The number of ether oxygens (including phenoxy) is 1. The highest BCUT2D eigenvalue weighted by molar-refractivity contribution is 6.02. The molecule has 0 radical (unpaired) electrons. The molecule has 0 atom stereocenters. The van der Waals surface area contributed by atoms with Crippen LogP contribution in [0.1, 0.15) is 41.4 Å². The zero-order chi connectivity index (χ0) is 24.1. The average Bonchev–Trinajstić information content (AvgIpc) is 3.37. The Bertz CT molecular complexity index is 1440. The molecule has 0 saturated heterocycles. The molecule has 0 fully saturated rings. The normalized spacial score (nSPS) is 11.7. The van der Waals surface area contributed by atoms with Crippen molar-refractivity contribution >= 4 is 16.8 Å². The third-order valence-electron chi connectivity index (χ3n) is 5.16. The predicted octanol–water partition coefficient (Wildman–Crippen LogP) is 2.91. The minimum absolute atomic E-state index is 0.0290. The lowest BCUT2D eigenvalue weighted by Gasteiger charge is -2.11. The van der Waals surface area contributed by atoms with E-state index >= 15 is 0 Å². The molecule has 10 nitrogen and oxygen atoms in total. The van der Waals surface area contributed by atoms with Crippen LogP contribution in [0.25, 0.3) is 22.2 Å². The molecule has 0 bridgehead atoms. The van der Waals surface area contributed by atoms with Crippen LogP contribution in [0.2, 0.25) is 0 Å². The first-order valence-corrected chi connectivity index (χ1v) is 10.3. The zero-order valence-corrected chi connectivity index (χ0v) is 19.2. The number of aryl methyl sites for hydroxylation is 3. The Morgan fingerprint density at radius 2 is 2.00 bits per heavy atom. The monoisotopic (exact) mass is 451 g/mol. The molecule has 172 valence electrons. The molecule has 1 amide bonds. The number of hydrogen-bond acceptors (Lipinski definition) is 7. The summed E-state index contributed by atoms with van der Waals surface area (Å²) in [5.41, 5.74) is 0.973. The summed E-state index contributed by atoms with van der Waals surface area (Å²) < 4.78 is 13.3. The molecule has 0 saturated carbocycles. The fourth-order valence-electron chi connectivity index (χ4n) is 3.48. The van der Waals surface area contributed by atoms with E-state index in [1.54, 1.807) is 25.5 Å². The Morgan fingerprint density at radius 1 is 1.27 bits per heavy atom. The average molecular weight is 451 g/mol. The minimum Gasteiger partial charge on any atom is -0.433 e. The van der Waals surface area contributed by atoms with E-state index in [0.29, 0.717) is 16.8 Å². The van der Waals surface area contributed by atoms with Gasteiger partial charge in [-0.1, -0.05) is 0 Å². The molecule has 0 aliphatic carbocycles. The molecule has 0 aliphatic rings. The summed E-state index contributed by atoms with van der Waals surface area (Å²) >= 11 is 0. The number of oxazole rings is 1. The van der Waals surface area contributed by atoms with E-state index in [9.17, 15) is 14.7 Å². The Hall–Kier alpha value is -3.92. The highest BCUT2D eigenvalue weighted by Gasteiger charge is 2.29. The largest absolute Gasteiger partial charge is 0.433 e. The number of rotatable bonds is 5. The minimum atomic E-state index is -1.39. The first-order chi connectivity index (χ1) is 15.5. The van der Waals surface area contributed by atoms with Crippen molar-refractivity contribution in [2.75, 3.05) is 7.05 Å². The van der Waals surface area contributed by atoms with Gasteiger partial charge in [0.05, 0.1) is 0 Å². The summed E-state index contributed by atoms with van der Waals surface area (Å²) in [6, 6.07) is 3.49. The summed E-state index contributed by atoms with van der Waals surface area (Å²) in [4.78, 5) is 36.5. The van der Waals surface area contributed by atoms with Crippen LogP contribution in [-0.4, -0.2) is 37.6 Å². The van der Waals surface area contributed by atoms with Gasteiger partial charge < -0.3 is 29.1 Å². The number of aliphatic hydroxyl groups is 1. The Balaban J connectivity index is 1.97. The SMILES string of the molecule is CNC(=O)c1cc2c(-c3oc(C(C)(C)O)nc3Oc3ncc(C)cc3C)cn(C)c(=O)c2[nH]1. The quantitative estimate of drug-likeness (QED) is 0.424. The van der Waals surface area contributed by atoms with Gasteiger partial charge in [-0.3, -0.25) is 9.59 Å².